The van der Waals surface area contributed by atoms with Gasteiger partial charge in [-0.2, -0.15) is 0 Å². The van der Waals surface area contributed by atoms with E-state index < -0.39 is 0 Å². The molecule has 2 N–H and O–H groups in total. The number of hydrogen-bond donors (Lipinski definition) is 1. The van der Waals surface area contributed by atoms with Gasteiger partial charge < -0.3 is 10.6 Å². The van der Waals surface area contributed by atoms with E-state index in [1.54, 1.807) is 0 Å². The third-order valence-corrected chi connectivity index (χ3v) is 4.23. The Kier molecular flexibility index (Phi) is 3.17. The van der Waals surface area contributed by atoms with Crippen LogP contribution in [0.3, 0.4) is 0 Å². The summed E-state index contributed by atoms with van der Waals surface area (Å²) in [5.74, 6) is 0.762. The van der Waals surface area contributed by atoms with E-state index in [0.29, 0.717) is 0 Å². The van der Waals surface area contributed by atoms with Gasteiger partial charge in [0.25, 0.3) is 0 Å². The second kappa shape index (κ2) is 4.34. The first-order valence-electron chi connectivity index (χ1n) is 6.49. The number of nitrogens with zero attached hydrogens (tertiary/aromatic N) is 1. The van der Waals surface area contributed by atoms with Crippen LogP contribution in [0.4, 0.5) is 5.69 Å². The van der Waals surface area contributed by atoms with Gasteiger partial charge in [0.05, 0.1) is 5.54 Å². The lowest BCUT2D eigenvalue weighted by Gasteiger charge is -2.40. The molecule has 0 amide bonds. The summed E-state index contributed by atoms with van der Waals surface area (Å²) >= 11 is 0. The van der Waals surface area contributed by atoms with E-state index in [2.05, 4.69) is 50.9 Å². The Morgan fingerprint density at radius 3 is 2.18 bits per heavy atom. The van der Waals surface area contributed by atoms with Gasteiger partial charge in [0.1, 0.15) is 0 Å². The average Bonchev–Trinajstić information content (AvgIpc) is 3.09. The first-order chi connectivity index (χ1) is 7.97. The molecular formula is C15H24N2. The zero-order chi connectivity index (χ0) is 12.6. The van der Waals surface area contributed by atoms with E-state index in [9.17, 15) is 0 Å². The molecule has 0 aliphatic heterocycles. The number of rotatable bonds is 4. The fourth-order valence-corrected chi connectivity index (χ4v) is 2.72. The maximum absolute atomic E-state index is 6.02. The molecule has 1 atom stereocenters. The van der Waals surface area contributed by atoms with E-state index in [-0.39, 0.29) is 5.54 Å². The quantitative estimate of drug-likeness (QED) is 0.865. The molecule has 0 saturated heterocycles. The van der Waals surface area contributed by atoms with E-state index >= 15 is 0 Å². The van der Waals surface area contributed by atoms with Crippen molar-refractivity contribution < 1.29 is 0 Å². The highest BCUT2D eigenvalue weighted by Crippen LogP contribution is 2.43. The molecule has 2 nitrogen and oxygen atoms in total. The smallest absolute Gasteiger partial charge is 0.0520 e. The van der Waals surface area contributed by atoms with Crippen molar-refractivity contribution in [1.82, 2.24) is 0 Å². The summed E-state index contributed by atoms with van der Waals surface area (Å²) in [6, 6.07) is 6.72. The highest BCUT2D eigenvalue weighted by molar-refractivity contribution is 5.53. The van der Waals surface area contributed by atoms with Crippen LogP contribution < -0.4 is 10.6 Å². The second-order valence-corrected chi connectivity index (χ2v) is 5.74. The fraction of sp³-hybridized carbons (Fsp3) is 0.600. The normalized spacial score (nSPS) is 18.9. The summed E-state index contributed by atoms with van der Waals surface area (Å²) in [7, 11) is 2.18. The number of aryl methyl sites for hydroxylation is 2. The third kappa shape index (κ3) is 2.32. The summed E-state index contributed by atoms with van der Waals surface area (Å²) in [4.78, 5) is 2.38. The molecule has 1 aromatic carbocycles. The molecule has 0 spiro atoms. The Hall–Kier alpha value is -1.02. The maximum atomic E-state index is 6.02. The highest BCUT2D eigenvalue weighted by Gasteiger charge is 2.43. The lowest BCUT2D eigenvalue weighted by Crippen LogP contribution is -2.51. The molecular weight excluding hydrogens is 208 g/mol. The van der Waals surface area contributed by atoms with E-state index in [1.807, 2.05) is 0 Å². The Balaban J connectivity index is 2.31. The number of likely N-dealkylation sites (N-methyl/N-ethyl adjacent to an activating group) is 1. The minimum atomic E-state index is 0.111. The molecule has 1 fully saturated rings. The molecule has 2 rings (SSSR count). The van der Waals surface area contributed by atoms with Gasteiger partial charge in [-0.15, -0.1) is 0 Å². The van der Waals surface area contributed by atoms with Crippen molar-refractivity contribution in [3.05, 3.63) is 29.3 Å². The van der Waals surface area contributed by atoms with Gasteiger partial charge in [0, 0.05) is 19.3 Å². The zero-order valence-corrected chi connectivity index (χ0v) is 11.5. The summed E-state index contributed by atoms with van der Waals surface area (Å²) in [6.07, 6.45) is 2.64. The SMILES string of the molecule is Cc1cc(C)cc(N(C)C(C)(CN)C2CC2)c1. The third-order valence-electron chi connectivity index (χ3n) is 4.23. The van der Waals surface area contributed by atoms with Gasteiger partial charge in [-0.1, -0.05) is 6.07 Å². The van der Waals surface area contributed by atoms with Crippen molar-refractivity contribution in [3.8, 4) is 0 Å². The first-order valence-corrected chi connectivity index (χ1v) is 6.49. The summed E-state index contributed by atoms with van der Waals surface area (Å²) < 4.78 is 0. The van der Waals surface area contributed by atoms with Gasteiger partial charge in [0.2, 0.25) is 0 Å². The van der Waals surface area contributed by atoms with Crippen LogP contribution in [0.1, 0.15) is 30.9 Å². The Morgan fingerprint density at radius 1 is 1.24 bits per heavy atom. The molecule has 0 heterocycles. The minimum Gasteiger partial charge on any atom is -0.368 e. The lowest BCUT2D eigenvalue weighted by atomic mass is 9.93. The molecule has 1 unspecified atom stereocenters. The van der Waals surface area contributed by atoms with Crippen LogP contribution in [0.25, 0.3) is 0 Å². The van der Waals surface area contributed by atoms with Crippen LogP contribution in [0.5, 0.6) is 0 Å². The number of hydrogen-bond acceptors (Lipinski definition) is 2. The molecule has 2 heteroatoms. The molecule has 1 aliphatic rings. The first kappa shape index (κ1) is 12.4. The van der Waals surface area contributed by atoms with Crippen molar-refractivity contribution >= 4 is 5.69 Å². The van der Waals surface area contributed by atoms with Crippen LogP contribution in [0.15, 0.2) is 18.2 Å². The van der Waals surface area contributed by atoms with Crippen LogP contribution in [0, 0.1) is 19.8 Å². The van der Waals surface area contributed by atoms with E-state index in [4.69, 9.17) is 5.73 Å². The molecule has 0 bridgehead atoms. The molecule has 0 radical (unpaired) electrons. The fourth-order valence-electron chi connectivity index (χ4n) is 2.72. The molecule has 17 heavy (non-hydrogen) atoms. The predicted molar refractivity (Wildman–Crippen MR) is 74.5 cm³/mol. The van der Waals surface area contributed by atoms with Crippen LogP contribution in [-0.4, -0.2) is 19.1 Å². The largest absolute Gasteiger partial charge is 0.368 e. The van der Waals surface area contributed by atoms with Crippen LogP contribution in [-0.2, 0) is 0 Å². The zero-order valence-electron chi connectivity index (χ0n) is 11.5. The average molecular weight is 232 g/mol. The lowest BCUT2D eigenvalue weighted by molar-refractivity contribution is 0.397. The standard InChI is InChI=1S/C15H24N2/c1-11-7-12(2)9-14(8-11)17(4)15(3,10-16)13-5-6-13/h7-9,13H,5-6,10,16H2,1-4H3. The number of nitrogens with two attached hydrogens (primary N) is 1. The Bertz CT molecular complexity index is 389. The van der Waals surface area contributed by atoms with Crippen molar-refractivity contribution in [1.29, 1.82) is 0 Å². The van der Waals surface area contributed by atoms with Gasteiger partial charge >= 0.3 is 0 Å². The Labute approximate surface area is 105 Å². The van der Waals surface area contributed by atoms with Crippen LogP contribution >= 0.6 is 0 Å². The summed E-state index contributed by atoms with van der Waals surface area (Å²) in [6.45, 7) is 7.33. The van der Waals surface area contributed by atoms with Gasteiger partial charge in [-0.3, -0.25) is 0 Å². The van der Waals surface area contributed by atoms with E-state index in [1.165, 1.54) is 29.7 Å². The van der Waals surface area contributed by atoms with Crippen molar-refractivity contribution in [2.45, 2.75) is 39.2 Å². The van der Waals surface area contributed by atoms with E-state index in [0.717, 1.165) is 12.5 Å². The molecule has 1 aromatic rings. The predicted octanol–water partition coefficient (Wildman–Crippen LogP) is 2.87. The highest BCUT2D eigenvalue weighted by atomic mass is 15.2. The van der Waals surface area contributed by atoms with Gasteiger partial charge in [-0.25, -0.2) is 0 Å². The second-order valence-electron chi connectivity index (χ2n) is 5.74. The number of anilines is 1. The van der Waals surface area contributed by atoms with Crippen molar-refractivity contribution in [2.75, 3.05) is 18.5 Å². The molecule has 1 aliphatic carbocycles. The minimum absolute atomic E-state index is 0.111. The van der Waals surface area contributed by atoms with Crippen LogP contribution in [0.2, 0.25) is 0 Å². The Morgan fingerprint density at radius 2 is 1.76 bits per heavy atom. The monoisotopic (exact) mass is 232 g/mol. The topological polar surface area (TPSA) is 29.3 Å². The van der Waals surface area contributed by atoms with Crippen molar-refractivity contribution in [3.63, 3.8) is 0 Å². The molecule has 94 valence electrons. The molecule has 1 saturated carbocycles. The molecule has 0 aromatic heterocycles. The summed E-state index contributed by atoms with van der Waals surface area (Å²) in [5.41, 5.74) is 10.1. The van der Waals surface area contributed by atoms with Gasteiger partial charge in [0.15, 0.2) is 0 Å². The van der Waals surface area contributed by atoms with Gasteiger partial charge in [-0.05, 0) is 62.8 Å². The maximum Gasteiger partial charge on any atom is 0.0520 e. The summed E-state index contributed by atoms with van der Waals surface area (Å²) in [5, 5.41) is 0. The number of benzene rings is 1. The van der Waals surface area contributed by atoms with Crippen molar-refractivity contribution in [2.24, 2.45) is 11.7 Å².